The van der Waals surface area contributed by atoms with Gasteiger partial charge in [0.15, 0.2) is 0 Å². The number of aliphatic hydroxyl groups excluding tert-OH is 3. The van der Waals surface area contributed by atoms with Gasteiger partial charge in [0, 0.05) is 19.1 Å². The van der Waals surface area contributed by atoms with Gasteiger partial charge in [0.2, 0.25) is 0 Å². The quantitative estimate of drug-likeness (QED) is 0.0491. The molecule has 1 aliphatic rings. The Morgan fingerprint density at radius 2 is 0.895 bits per heavy atom. The molecule has 0 saturated carbocycles. The van der Waals surface area contributed by atoms with Gasteiger partial charge in [-0.3, -0.25) is 0 Å². The Labute approximate surface area is 337 Å². The summed E-state index contributed by atoms with van der Waals surface area (Å²) >= 11 is 0. The van der Waals surface area contributed by atoms with Crippen molar-refractivity contribution in [3.05, 3.63) is 227 Å². The minimum atomic E-state index is -0.952. The molecule has 0 spiro atoms. The highest BCUT2D eigenvalue weighted by atomic mass is 16.5. The predicted molar refractivity (Wildman–Crippen MR) is 228 cm³/mol. The fourth-order valence-corrected chi connectivity index (χ4v) is 8.96. The van der Waals surface area contributed by atoms with Crippen molar-refractivity contribution in [3.8, 4) is 0 Å². The second-order valence-corrected chi connectivity index (χ2v) is 15.2. The molecule has 1 aliphatic carbocycles. The highest BCUT2D eigenvalue weighted by Crippen LogP contribution is 2.44. The lowest BCUT2D eigenvalue weighted by Gasteiger charge is -2.41. The van der Waals surface area contributed by atoms with Crippen LogP contribution in [-0.4, -0.2) is 47.3 Å². The Morgan fingerprint density at radius 3 is 1.25 bits per heavy atom. The second kappa shape index (κ2) is 18.9. The molecular formula is C52H54O5. The summed E-state index contributed by atoms with van der Waals surface area (Å²) < 4.78 is 14.4. The molecule has 7 rings (SSSR count). The van der Waals surface area contributed by atoms with Gasteiger partial charge in [0.05, 0.1) is 18.8 Å². The fraction of sp³-hybridized carbons (Fsp3) is 0.269. The molecule has 6 aromatic rings. The first-order valence-corrected chi connectivity index (χ1v) is 20.3. The normalized spacial score (nSPS) is 18.0. The van der Waals surface area contributed by atoms with E-state index in [0.717, 1.165) is 57.4 Å². The van der Waals surface area contributed by atoms with Gasteiger partial charge in [-0.2, -0.15) is 0 Å². The third kappa shape index (κ3) is 8.45. The van der Waals surface area contributed by atoms with E-state index in [9.17, 15) is 15.3 Å². The molecule has 4 atom stereocenters. The molecule has 0 amide bonds. The summed E-state index contributed by atoms with van der Waals surface area (Å²) in [6.45, 7) is 2.72. The number of hydrogen-bond acceptors (Lipinski definition) is 5. The lowest BCUT2D eigenvalue weighted by molar-refractivity contribution is -0.0148. The number of rotatable bonds is 17. The number of benzene rings is 6. The van der Waals surface area contributed by atoms with Crippen molar-refractivity contribution in [2.24, 2.45) is 11.8 Å². The molecule has 0 bridgehead atoms. The van der Waals surface area contributed by atoms with E-state index in [2.05, 4.69) is 116 Å². The number of aliphatic hydroxyl groups is 3. The zero-order valence-corrected chi connectivity index (χ0v) is 32.7. The Balaban J connectivity index is 1.21. The van der Waals surface area contributed by atoms with Crippen molar-refractivity contribution in [1.29, 1.82) is 0 Å². The molecule has 57 heavy (non-hydrogen) atoms. The van der Waals surface area contributed by atoms with E-state index in [-0.39, 0.29) is 19.1 Å². The minimum absolute atomic E-state index is 0.0463. The van der Waals surface area contributed by atoms with E-state index in [4.69, 9.17) is 9.47 Å². The smallest absolute Gasteiger partial charge is 0.144 e. The van der Waals surface area contributed by atoms with Gasteiger partial charge < -0.3 is 24.8 Å². The Bertz CT molecular complexity index is 1930. The average Bonchev–Trinajstić information content (AvgIpc) is 3.27. The third-order valence-corrected chi connectivity index (χ3v) is 11.7. The molecule has 0 aromatic heterocycles. The summed E-state index contributed by atoms with van der Waals surface area (Å²) in [5.41, 5.74) is 6.16. The third-order valence-electron chi connectivity index (χ3n) is 11.7. The van der Waals surface area contributed by atoms with E-state index < -0.39 is 29.3 Å². The maximum Gasteiger partial charge on any atom is 0.144 e. The summed E-state index contributed by atoms with van der Waals surface area (Å²) in [6, 6.07) is 62.0. The van der Waals surface area contributed by atoms with E-state index in [1.807, 2.05) is 72.8 Å². The van der Waals surface area contributed by atoms with Gasteiger partial charge in [0.1, 0.15) is 11.2 Å². The zero-order valence-electron chi connectivity index (χ0n) is 32.7. The summed E-state index contributed by atoms with van der Waals surface area (Å²) in [7, 11) is 0. The SMILES string of the molecule is C[C@@H](CCCOC(c1ccccc1)(c1ccccc1)c1ccccc1)C1=C(COC(c2ccccc2)(c2ccccc2)c2ccccc2)C[C@@H](O)[C@@H](CCO)[C@@H]1O. The van der Waals surface area contributed by atoms with Crippen LogP contribution in [0, 0.1) is 11.8 Å². The van der Waals surface area contributed by atoms with E-state index in [0.29, 0.717) is 19.4 Å². The van der Waals surface area contributed by atoms with E-state index in [1.54, 1.807) is 0 Å². The number of ether oxygens (including phenoxy) is 2. The van der Waals surface area contributed by atoms with Crippen LogP contribution in [0.25, 0.3) is 0 Å². The molecule has 5 nitrogen and oxygen atoms in total. The summed E-state index contributed by atoms with van der Waals surface area (Å²) in [5.74, 6) is -0.522. The maximum atomic E-state index is 12.1. The van der Waals surface area contributed by atoms with Crippen molar-refractivity contribution in [2.75, 3.05) is 19.8 Å². The van der Waals surface area contributed by atoms with E-state index >= 15 is 0 Å². The highest BCUT2D eigenvalue weighted by Gasteiger charge is 2.42. The van der Waals surface area contributed by atoms with Crippen LogP contribution < -0.4 is 0 Å². The fourth-order valence-electron chi connectivity index (χ4n) is 8.96. The molecule has 0 saturated heterocycles. The average molecular weight is 759 g/mol. The van der Waals surface area contributed by atoms with Crippen LogP contribution in [0.3, 0.4) is 0 Å². The second-order valence-electron chi connectivity index (χ2n) is 15.2. The molecule has 0 fully saturated rings. The van der Waals surface area contributed by atoms with Crippen molar-refractivity contribution in [2.45, 2.75) is 56.0 Å². The predicted octanol–water partition coefficient (Wildman–Crippen LogP) is 9.84. The van der Waals surface area contributed by atoms with Crippen LogP contribution >= 0.6 is 0 Å². The summed E-state index contributed by atoms with van der Waals surface area (Å²) in [6.07, 6.45) is 0.402. The minimum Gasteiger partial charge on any atom is -0.396 e. The first-order chi connectivity index (χ1) is 28.0. The van der Waals surface area contributed by atoms with Crippen molar-refractivity contribution in [1.82, 2.24) is 0 Å². The van der Waals surface area contributed by atoms with Crippen molar-refractivity contribution in [3.63, 3.8) is 0 Å². The van der Waals surface area contributed by atoms with Crippen molar-refractivity contribution < 1.29 is 24.8 Å². The molecule has 0 radical (unpaired) electrons. The summed E-state index contributed by atoms with van der Waals surface area (Å²) in [4.78, 5) is 0. The summed E-state index contributed by atoms with van der Waals surface area (Å²) in [5, 5.41) is 33.5. The topological polar surface area (TPSA) is 79.2 Å². The van der Waals surface area contributed by atoms with Gasteiger partial charge in [-0.15, -0.1) is 0 Å². The van der Waals surface area contributed by atoms with E-state index in [1.165, 1.54) is 0 Å². The Hall–Kier alpha value is -5.14. The van der Waals surface area contributed by atoms with Crippen LogP contribution in [0.1, 0.15) is 66.0 Å². The largest absolute Gasteiger partial charge is 0.396 e. The van der Waals surface area contributed by atoms with Gasteiger partial charge >= 0.3 is 0 Å². The van der Waals surface area contributed by atoms with Crippen molar-refractivity contribution >= 4 is 0 Å². The molecule has 292 valence electrons. The lowest BCUT2D eigenvalue weighted by Crippen LogP contribution is -2.42. The standard InChI is InChI=1S/C52H54O5/c1-39(21-20-36-56-51(41-22-8-2-9-23-41,42-24-10-3-11-25-42)43-26-12-4-13-27-43)49-40(37-48(54)47(34-35-53)50(49)55)38-57-52(44-28-14-5-15-29-44,45-30-16-6-17-31-45)46-32-18-7-19-33-46/h2-19,22-33,39,47-48,50,53-55H,20-21,34-38H2,1H3/t39-,47+,48+,50-/m0/s1. The molecule has 5 heteroatoms. The first-order valence-electron chi connectivity index (χ1n) is 20.3. The lowest BCUT2D eigenvalue weighted by atomic mass is 9.73. The first kappa shape index (κ1) is 40.1. The van der Waals surface area contributed by atoms with Crippen LogP contribution in [-0.2, 0) is 20.7 Å². The zero-order chi connectivity index (χ0) is 39.5. The maximum absolute atomic E-state index is 12.1. The monoisotopic (exact) mass is 758 g/mol. The van der Waals surface area contributed by atoms with Gasteiger partial charge in [-0.05, 0) is 76.1 Å². The van der Waals surface area contributed by atoms with Crippen LogP contribution in [0.15, 0.2) is 193 Å². The molecule has 0 unspecified atom stereocenters. The number of hydrogen-bond donors (Lipinski definition) is 3. The molecule has 3 N–H and O–H groups in total. The van der Waals surface area contributed by atoms with Crippen LogP contribution in [0.4, 0.5) is 0 Å². The van der Waals surface area contributed by atoms with Gasteiger partial charge in [-0.1, -0.05) is 189 Å². The Morgan fingerprint density at radius 1 is 0.544 bits per heavy atom. The van der Waals surface area contributed by atoms with Crippen LogP contribution in [0.2, 0.25) is 0 Å². The molecule has 0 aliphatic heterocycles. The molecule has 0 heterocycles. The molecular weight excluding hydrogens is 705 g/mol. The van der Waals surface area contributed by atoms with Gasteiger partial charge in [-0.25, -0.2) is 0 Å². The highest BCUT2D eigenvalue weighted by molar-refractivity contribution is 5.49. The Kier molecular flexibility index (Phi) is 13.3. The van der Waals surface area contributed by atoms with Gasteiger partial charge in [0.25, 0.3) is 0 Å². The van der Waals surface area contributed by atoms with Crippen LogP contribution in [0.5, 0.6) is 0 Å². The molecule has 6 aromatic carbocycles.